The van der Waals surface area contributed by atoms with Crippen molar-refractivity contribution >= 4 is 5.91 Å². The third-order valence-electron chi connectivity index (χ3n) is 3.31. The van der Waals surface area contributed by atoms with Gasteiger partial charge in [-0.1, -0.05) is 0 Å². The summed E-state index contributed by atoms with van der Waals surface area (Å²) in [5.74, 6) is -0.0390. The predicted molar refractivity (Wildman–Crippen MR) is 66.4 cm³/mol. The topological polar surface area (TPSA) is 76.0 Å². The minimum atomic E-state index is -0.126. The Bertz CT molecular complexity index is 562. The minimum Gasteiger partial charge on any atom is -0.377 e. The molecule has 0 radical (unpaired) electrons. The summed E-state index contributed by atoms with van der Waals surface area (Å²) in [5, 5.41) is 10.9. The van der Waals surface area contributed by atoms with Crippen LogP contribution in [0.2, 0.25) is 0 Å². The maximum absolute atomic E-state index is 12.6. The van der Waals surface area contributed by atoms with E-state index >= 15 is 0 Å². The van der Waals surface area contributed by atoms with E-state index in [0.717, 1.165) is 5.69 Å². The molecule has 1 atom stereocenters. The van der Waals surface area contributed by atoms with E-state index < -0.39 is 0 Å². The highest BCUT2D eigenvalue weighted by Crippen LogP contribution is 2.24. The number of H-pyrrole nitrogens is 1. The fourth-order valence-corrected chi connectivity index (χ4v) is 2.29. The molecule has 0 unspecified atom stereocenters. The summed E-state index contributed by atoms with van der Waals surface area (Å²) >= 11 is 0. The lowest BCUT2D eigenvalue weighted by atomic mass is 10.1. The predicted octanol–water partition coefficient (Wildman–Crippen LogP) is 0.357. The first kappa shape index (κ1) is 11.9. The molecule has 1 N–H and O–H groups in total. The number of morpholine rings is 1. The van der Waals surface area contributed by atoms with Crippen molar-refractivity contribution < 1.29 is 9.53 Å². The molecule has 100 valence electrons. The van der Waals surface area contributed by atoms with E-state index in [4.69, 9.17) is 4.74 Å². The molecule has 0 bridgehead atoms. The smallest absolute Gasteiger partial charge is 0.272 e. The van der Waals surface area contributed by atoms with Crippen LogP contribution in [0.15, 0.2) is 24.5 Å². The molecular formula is C12H15N5O2. The number of amides is 1. The van der Waals surface area contributed by atoms with E-state index in [1.165, 1.54) is 0 Å². The number of nitrogens with zero attached hydrogens (tertiary/aromatic N) is 4. The van der Waals surface area contributed by atoms with Gasteiger partial charge in [-0.2, -0.15) is 10.2 Å². The third-order valence-corrected chi connectivity index (χ3v) is 3.31. The monoisotopic (exact) mass is 261 g/mol. The number of hydrogen-bond acceptors (Lipinski definition) is 4. The Labute approximate surface area is 110 Å². The Morgan fingerprint density at radius 1 is 1.47 bits per heavy atom. The normalized spacial score (nSPS) is 19.6. The van der Waals surface area contributed by atoms with Crippen molar-refractivity contribution in [3.05, 3.63) is 35.9 Å². The number of carbonyl (C=O) groups is 1. The van der Waals surface area contributed by atoms with Gasteiger partial charge >= 0.3 is 0 Å². The molecule has 1 saturated heterocycles. The summed E-state index contributed by atoms with van der Waals surface area (Å²) in [6.45, 7) is 1.59. The van der Waals surface area contributed by atoms with Crippen LogP contribution in [0, 0.1) is 0 Å². The van der Waals surface area contributed by atoms with Gasteiger partial charge < -0.3 is 9.64 Å². The Hall–Kier alpha value is -2.15. The molecule has 2 aromatic rings. The molecule has 7 nitrogen and oxygen atoms in total. The summed E-state index contributed by atoms with van der Waals surface area (Å²) in [7, 11) is 1.76. The average molecular weight is 261 g/mol. The number of aryl methyl sites for hydroxylation is 1. The molecule has 0 aromatic carbocycles. The van der Waals surface area contributed by atoms with Crippen LogP contribution in [-0.4, -0.2) is 50.5 Å². The van der Waals surface area contributed by atoms with E-state index in [1.54, 1.807) is 35.1 Å². The molecule has 19 heavy (non-hydrogen) atoms. The fraction of sp³-hybridized carbons (Fsp3) is 0.417. The van der Waals surface area contributed by atoms with Crippen LogP contribution in [0.25, 0.3) is 0 Å². The molecule has 2 aromatic heterocycles. The highest BCUT2D eigenvalue weighted by Gasteiger charge is 2.31. The molecule has 1 aliphatic rings. The van der Waals surface area contributed by atoms with E-state index in [9.17, 15) is 4.79 Å². The van der Waals surface area contributed by atoms with Gasteiger partial charge in [0.05, 0.1) is 24.9 Å². The Morgan fingerprint density at radius 2 is 2.37 bits per heavy atom. The van der Waals surface area contributed by atoms with Crippen LogP contribution in [-0.2, 0) is 11.8 Å². The lowest BCUT2D eigenvalue weighted by Crippen LogP contribution is -2.44. The summed E-state index contributed by atoms with van der Waals surface area (Å²) in [6.07, 6.45) is 3.30. The van der Waals surface area contributed by atoms with Crippen molar-refractivity contribution in [3.8, 4) is 0 Å². The lowest BCUT2D eigenvalue weighted by Gasteiger charge is -2.34. The van der Waals surface area contributed by atoms with E-state index in [0.29, 0.717) is 25.5 Å². The van der Waals surface area contributed by atoms with Gasteiger partial charge in [0.2, 0.25) is 0 Å². The maximum atomic E-state index is 12.6. The summed E-state index contributed by atoms with van der Waals surface area (Å²) in [6, 6.07) is 3.46. The van der Waals surface area contributed by atoms with Crippen LogP contribution >= 0.6 is 0 Å². The number of nitrogens with one attached hydrogen (secondary N) is 1. The van der Waals surface area contributed by atoms with Gasteiger partial charge in [-0.15, -0.1) is 0 Å². The molecule has 3 heterocycles. The quantitative estimate of drug-likeness (QED) is 0.846. The van der Waals surface area contributed by atoms with Crippen molar-refractivity contribution in [2.24, 2.45) is 7.05 Å². The van der Waals surface area contributed by atoms with Gasteiger partial charge in [-0.25, -0.2) is 0 Å². The van der Waals surface area contributed by atoms with Crippen molar-refractivity contribution in [1.82, 2.24) is 24.9 Å². The van der Waals surface area contributed by atoms with E-state index in [2.05, 4.69) is 15.3 Å². The summed E-state index contributed by atoms with van der Waals surface area (Å²) < 4.78 is 7.05. The lowest BCUT2D eigenvalue weighted by molar-refractivity contribution is -0.00447. The van der Waals surface area contributed by atoms with Crippen molar-refractivity contribution in [2.75, 3.05) is 19.8 Å². The SMILES string of the molecule is Cn1nccc1C(=O)N1CCOC[C@H]1c1ccn[nH]1. The second-order valence-corrected chi connectivity index (χ2v) is 4.44. The largest absolute Gasteiger partial charge is 0.377 e. The number of aromatic amines is 1. The molecule has 0 saturated carbocycles. The Kier molecular flexibility index (Phi) is 3.04. The van der Waals surface area contributed by atoms with Crippen molar-refractivity contribution in [3.63, 3.8) is 0 Å². The molecule has 1 amide bonds. The van der Waals surface area contributed by atoms with Gasteiger partial charge in [0.15, 0.2) is 0 Å². The van der Waals surface area contributed by atoms with Crippen LogP contribution in [0.1, 0.15) is 22.2 Å². The summed E-state index contributed by atoms with van der Waals surface area (Å²) in [4.78, 5) is 14.4. The second kappa shape index (κ2) is 4.85. The van der Waals surface area contributed by atoms with Gasteiger partial charge in [0.25, 0.3) is 5.91 Å². The molecule has 1 aliphatic heterocycles. The summed E-state index contributed by atoms with van der Waals surface area (Å²) in [5.41, 5.74) is 1.46. The number of carbonyl (C=O) groups excluding carboxylic acids is 1. The van der Waals surface area contributed by atoms with Crippen LogP contribution in [0.4, 0.5) is 0 Å². The zero-order chi connectivity index (χ0) is 13.2. The zero-order valence-corrected chi connectivity index (χ0v) is 10.6. The van der Waals surface area contributed by atoms with E-state index in [1.807, 2.05) is 6.07 Å². The number of rotatable bonds is 2. The molecule has 0 spiro atoms. The fourth-order valence-electron chi connectivity index (χ4n) is 2.29. The molecule has 0 aliphatic carbocycles. The molecular weight excluding hydrogens is 246 g/mol. The van der Waals surface area contributed by atoms with E-state index in [-0.39, 0.29) is 11.9 Å². The highest BCUT2D eigenvalue weighted by molar-refractivity contribution is 5.92. The molecule has 7 heteroatoms. The average Bonchev–Trinajstić information content (AvgIpc) is 3.09. The van der Waals surface area contributed by atoms with Crippen molar-refractivity contribution in [1.29, 1.82) is 0 Å². The maximum Gasteiger partial charge on any atom is 0.272 e. The Balaban J connectivity index is 1.89. The third kappa shape index (κ3) is 2.12. The zero-order valence-electron chi connectivity index (χ0n) is 10.6. The standard InChI is InChI=1S/C12H15N5O2/c1-16-10(3-5-14-16)12(18)17-6-7-19-8-11(17)9-2-4-13-15-9/h2-5,11H,6-8H2,1H3,(H,13,15)/t11-/m0/s1. The highest BCUT2D eigenvalue weighted by atomic mass is 16.5. The first-order chi connectivity index (χ1) is 9.27. The van der Waals surface area contributed by atoms with Crippen LogP contribution < -0.4 is 0 Å². The first-order valence-corrected chi connectivity index (χ1v) is 6.13. The van der Waals surface area contributed by atoms with Gasteiger partial charge in [0, 0.05) is 26.0 Å². The van der Waals surface area contributed by atoms with Gasteiger partial charge in [-0.05, 0) is 12.1 Å². The van der Waals surface area contributed by atoms with Gasteiger partial charge in [0.1, 0.15) is 5.69 Å². The van der Waals surface area contributed by atoms with Crippen molar-refractivity contribution in [2.45, 2.75) is 6.04 Å². The van der Waals surface area contributed by atoms with Crippen LogP contribution in [0.5, 0.6) is 0 Å². The number of aromatic nitrogens is 4. The van der Waals surface area contributed by atoms with Crippen LogP contribution in [0.3, 0.4) is 0 Å². The second-order valence-electron chi connectivity index (χ2n) is 4.44. The Morgan fingerprint density at radius 3 is 3.05 bits per heavy atom. The molecule has 3 rings (SSSR count). The molecule has 1 fully saturated rings. The number of ether oxygens (including phenoxy) is 1. The number of hydrogen-bond donors (Lipinski definition) is 1. The first-order valence-electron chi connectivity index (χ1n) is 6.13. The minimum absolute atomic E-state index is 0.0390. The van der Waals surface area contributed by atoms with Gasteiger partial charge in [-0.3, -0.25) is 14.6 Å².